The number of likely N-dealkylation sites (N-methyl/N-ethyl adjacent to an activating group) is 1. The minimum atomic E-state index is -4.65. The van der Waals surface area contributed by atoms with Gasteiger partial charge < -0.3 is 27.9 Å². The number of quaternary nitrogens is 1. The van der Waals surface area contributed by atoms with Gasteiger partial charge in [0.15, 0.2) is 6.10 Å². The number of carbonyl (C=O) groups is 2. The van der Waals surface area contributed by atoms with Gasteiger partial charge >= 0.3 is 11.9 Å². The predicted molar refractivity (Wildman–Crippen MR) is 369 cm³/mol. The van der Waals surface area contributed by atoms with E-state index in [2.05, 4.69) is 135 Å². The monoisotopic (exact) mass is 1220 g/mol. The van der Waals surface area contributed by atoms with Crippen LogP contribution in [0.2, 0.25) is 0 Å². The first-order valence-corrected chi connectivity index (χ1v) is 36.7. The highest BCUT2D eigenvalue weighted by Gasteiger charge is 2.22. The lowest BCUT2D eigenvalue weighted by Crippen LogP contribution is -2.37. The molecule has 86 heavy (non-hydrogen) atoms. The standard InChI is InChI=1S/C76H132NO8P/c1-6-8-10-12-14-16-18-20-22-24-26-28-29-30-31-32-33-34-35-36-37-38-39-40-41-42-43-44-45-46-47-49-51-53-55-57-59-61-63-65-67-69-76(79)85-74(73-84-86(80,81)83-71-70-77(3,4)5)72-82-75(78)68-66-64-62-60-58-56-54-52-50-48-27-25-23-21-19-17-15-13-11-9-7-2/h8,10,14,16,19-22,25-28,30-31,33-34,36-37,50,52,74H,6-7,9,11-13,15,17-18,23-24,29,32,35,38-49,51,53-73H2,1-5H3/b10-8-,16-14-,21-19-,22-20-,27-25-,28-26-,31-30-,34-33-,37-36-,52-50-. The Morgan fingerprint density at radius 3 is 0.988 bits per heavy atom. The number of nitrogens with zero attached hydrogens (tertiary/aromatic N) is 1. The second-order valence-electron chi connectivity index (χ2n) is 24.5. The van der Waals surface area contributed by atoms with E-state index in [1.54, 1.807) is 0 Å². The quantitative estimate of drug-likeness (QED) is 0.0195. The molecule has 0 saturated heterocycles. The molecule has 0 amide bonds. The molecule has 0 saturated carbocycles. The molecule has 10 heteroatoms. The zero-order valence-corrected chi connectivity index (χ0v) is 57.1. The summed E-state index contributed by atoms with van der Waals surface area (Å²) in [5.41, 5.74) is 0. The number of allylic oxidation sites excluding steroid dienone is 20. The minimum absolute atomic E-state index is 0.0364. The van der Waals surface area contributed by atoms with E-state index in [0.29, 0.717) is 23.9 Å². The highest BCUT2D eigenvalue weighted by Crippen LogP contribution is 2.38. The lowest BCUT2D eigenvalue weighted by atomic mass is 10.0. The normalized spacial score (nSPS) is 13.9. The molecule has 2 unspecified atom stereocenters. The zero-order valence-electron chi connectivity index (χ0n) is 56.2. The van der Waals surface area contributed by atoms with Crippen LogP contribution in [0.3, 0.4) is 0 Å². The second-order valence-corrected chi connectivity index (χ2v) is 25.9. The summed E-state index contributed by atoms with van der Waals surface area (Å²) in [6, 6.07) is 0. The summed E-state index contributed by atoms with van der Waals surface area (Å²) in [7, 11) is 1.16. The summed E-state index contributed by atoms with van der Waals surface area (Å²) in [6.07, 6.45) is 94.2. The van der Waals surface area contributed by atoms with Crippen molar-refractivity contribution in [1.29, 1.82) is 0 Å². The molecule has 0 N–H and O–H groups in total. The van der Waals surface area contributed by atoms with E-state index in [1.165, 1.54) is 154 Å². The van der Waals surface area contributed by atoms with Crippen molar-refractivity contribution in [3.63, 3.8) is 0 Å². The van der Waals surface area contributed by atoms with Crippen molar-refractivity contribution >= 4 is 19.8 Å². The molecule has 0 spiro atoms. The molecule has 494 valence electrons. The highest BCUT2D eigenvalue weighted by atomic mass is 31.2. The number of phosphoric acid groups is 1. The van der Waals surface area contributed by atoms with E-state index >= 15 is 0 Å². The fourth-order valence-electron chi connectivity index (χ4n) is 9.59. The Hall–Kier alpha value is -3.59. The Labute approximate surface area is 530 Å². The summed E-state index contributed by atoms with van der Waals surface area (Å²) >= 11 is 0. The van der Waals surface area contributed by atoms with Crippen LogP contribution in [0.1, 0.15) is 296 Å². The van der Waals surface area contributed by atoms with Crippen molar-refractivity contribution in [3.8, 4) is 0 Å². The van der Waals surface area contributed by atoms with Crippen LogP contribution in [0.15, 0.2) is 122 Å². The zero-order chi connectivity index (χ0) is 62.6. The minimum Gasteiger partial charge on any atom is -0.756 e. The summed E-state index contributed by atoms with van der Waals surface area (Å²) in [5, 5.41) is 0. The first kappa shape index (κ1) is 82.4. The molecule has 0 fully saturated rings. The predicted octanol–water partition coefficient (Wildman–Crippen LogP) is 22.4. The van der Waals surface area contributed by atoms with Crippen LogP contribution in [0.25, 0.3) is 0 Å². The maximum absolute atomic E-state index is 12.9. The molecule has 0 aromatic heterocycles. The van der Waals surface area contributed by atoms with Crippen LogP contribution in [-0.4, -0.2) is 70.0 Å². The van der Waals surface area contributed by atoms with E-state index in [9.17, 15) is 19.0 Å². The Morgan fingerprint density at radius 1 is 0.372 bits per heavy atom. The number of carbonyl (C=O) groups excluding carboxylic acids is 2. The number of rotatable bonds is 64. The van der Waals surface area contributed by atoms with Gasteiger partial charge in [-0.05, 0) is 109 Å². The molecular weight excluding hydrogens is 1090 g/mol. The lowest BCUT2D eigenvalue weighted by Gasteiger charge is -2.28. The maximum atomic E-state index is 12.9. The van der Waals surface area contributed by atoms with Gasteiger partial charge in [0.05, 0.1) is 27.7 Å². The molecule has 9 nitrogen and oxygen atoms in total. The van der Waals surface area contributed by atoms with Crippen molar-refractivity contribution in [2.75, 3.05) is 47.5 Å². The molecule has 0 heterocycles. The fraction of sp³-hybridized carbons (Fsp3) is 0.711. The van der Waals surface area contributed by atoms with Crippen LogP contribution in [0, 0.1) is 0 Å². The van der Waals surface area contributed by atoms with E-state index in [4.69, 9.17) is 18.5 Å². The first-order chi connectivity index (χ1) is 42.0. The Bertz CT molecular complexity index is 1870. The third-order valence-electron chi connectivity index (χ3n) is 15.0. The topological polar surface area (TPSA) is 111 Å². The number of ether oxygens (including phenoxy) is 2. The van der Waals surface area contributed by atoms with E-state index < -0.39 is 32.5 Å². The highest BCUT2D eigenvalue weighted by molar-refractivity contribution is 7.45. The van der Waals surface area contributed by atoms with E-state index in [-0.39, 0.29) is 26.1 Å². The molecule has 2 atom stereocenters. The van der Waals surface area contributed by atoms with Gasteiger partial charge in [0.1, 0.15) is 19.8 Å². The number of hydrogen-bond donors (Lipinski definition) is 0. The number of phosphoric ester groups is 1. The number of hydrogen-bond acceptors (Lipinski definition) is 8. The smallest absolute Gasteiger partial charge is 0.306 e. The largest absolute Gasteiger partial charge is 0.756 e. The second kappa shape index (κ2) is 65.8. The van der Waals surface area contributed by atoms with Gasteiger partial charge in [0.25, 0.3) is 7.82 Å². The van der Waals surface area contributed by atoms with Gasteiger partial charge in [0, 0.05) is 12.8 Å². The third-order valence-corrected chi connectivity index (χ3v) is 15.9. The number of unbranched alkanes of at least 4 members (excludes halogenated alkanes) is 30. The van der Waals surface area contributed by atoms with Gasteiger partial charge in [-0.15, -0.1) is 0 Å². The van der Waals surface area contributed by atoms with E-state index in [1.807, 2.05) is 21.1 Å². The molecule has 0 radical (unpaired) electrons. The number of esters is 2. The van der Waals surface area contributed by atoms with Gasteiger partial charge in [0.2, 0.25) is 0 Å². The van der Waals surface area contributed by atoms with Crippen molar-refractivity contribution in [3.05, 3.63) is 122 Å². The summed E-state index contributed by atoms with van der Waals surface area (Å²) in [4.78, 5) is 38.0. The summed E-state index contributed by atoms with van der Waals surface area (Å²) in [6.45, 7) is 4.12. The van der Waals surface area contributed by atoms with Gasteiger partial charge in [-0.3, -0.25) is 14.2 Å². The SMILES string of the molecule is CC/C=C\C/C=C\C/C=C\C/C=C\C/C=C\C/C=C\C/C=C\CCCCCCCCCCCCCCCCCCCCCC(=O)OC(COC(=O)CCCCCCCC/C=C\C/C=C\C/C=C\CCCCCCC)COP(=O)([O-])OCC[N+](C)(C)C. The Kier molecular flexibility index (Phi) is 63.1. The molecule has 0 aliphatic carbocycles. The maximum Gasteiger partial charge on any atom is 0.306 e. The average Bonchev–Trinajstić information content (AvgIpc) is 3.70. The van der Waals surface area contributed by atoms with Gasteiger partial charge in [-0.25, -0.2) is 0 Å². The van der Waals surface area contributed by atoms with E-state index in [0.717, 1.165) is 103 Å². The Balaban J connectivity index is 4.00. The fourth-order valence-corrected chi connectivity index (χ4v) is 10.3. The van der Waals surface area contributed by atoms with Crippen LogP contribution in [0.4, 0.5) is 0 Å². The molecule has 0 rings (SSSR count). The van der Waals surface area contributed by atoms with Gasteiger partial charge in [-0.1, -0.05) is 296 Å². The molecule has 0 aromatic rings. The van der Waals surface area contributed by atoms with Crippen LogP contribution >= 0.6 is 7.82 Å². The summed E-state index contributed by atoms with van der Waals surface area (Å²) < 4.78 is 34.3. The molecule has 0 bridgehead atoms. The van der Waals surface area contributed by atoms with Crippen molar-refractivity contribution in [2.45, 2.75) is 302 Å². The van der Waals surface area contributed by atoms with Crippen molar-refractivity contribution in [1.82, 2.24) is 0 Å². The first-order valence-electron chi connectivity index (χ1n) is 35.2. The molecule has 0 aliphatic rings. The third kappa shape index (κ3) is 69.5. The van der Waals surface area contributed by atoms with Crippen molar-refractivity contribution < 1.29 is 42.1 Å². The van der Waals surface area contributed by atoms with Crippen LogP contribution in [-0.2, 0) is 32.7 Å². The Morgan fingerprint density at radius 2 is 0.663 bits per heavy atom. The van der Waals surface area contributed by atoms with Crippen LogP contribution < -0.4 is 4.89 Å². The molecule has 0 aromatic carbocycles. The molecule has 0 aliphatic heterocycles. The van der Waals surface area contributed by atoms with Gasteiger partial charge in [-0.2, -0.15) is 0 Å². The average molecular weight is 1220 g/mol. The van der Waals surface area contributed by atoms with Crippen LogP contribution in [0.5, 0.6) is 0 Å². The summed E-state index contributed by atoms with van der Waals surface area (Å²) in [5.74, 6) is -0.843. The lowest BCUT2D eigenvalue weighted by molar-refractivity contribution is -0.870. The van der Waals surface area contributed by atoms with Crippen molar-refractivity contribution in [2.24, 2.45) is 0 Å². The molecular formula is C76H132NO8P.